The van der Waals surface area contributed by atoms with Crippen LogP contribution in [0.1, 0.15) is 22.6 Å². The maximum Gasteiger partial charge on any atom is 0.325 e. The van der Waals surface area contributed by atoms with Crippen LogP contribution >= 0.6 is 0 Å². The van der Waals surface area contributed by atoms with E-state index in [2.05, 4.69) is 9.47 Å². The lowest BCUT2D eigenvalue weighted by molar-refractivity contribution is -0.140. The van der Waals surface area contributed by atoms with E-state index < -0.39 is 52.5 Å². The van der Waals surface area contributed by atoms with Gasteiger partial charge in [0.15, 0.2) is 23.1 Å². The van der Waals surface area contributed by atoms with Crippen LogP contribution in [0.25, 0.3) is 0 Å². The van der Waals surface area contributed by atoms with Gasteiger partial charge >= 0.3 is 11.9 Å². The number of ether oxygens (including phenoxy) is 2. The normalized spacial score (nSPS) is 10.8. The molecule has 9 nitrogen and oxygen atoms in total. The standard InChI is InChI=1S/C25H23F2NO8/c1-35-23(33)11-28(12-24(34)36-2)14-5-3-13(4-6-14)25(15-7-17(26)21(31)9-19(15)29)16-8-18(27)22(32)10-20(16)30/h3-10,25,29-32H,11-12H2,1-2H3. The number of anilines is 1. The first kappa shape index (κ1) is 26.1. The van der Waals surface area contributed by atoms with Crippen LogP contribution in [0.5, 0.6) is 23.0 Å². The van der Waals surface area contributed by atoms with Crippen molar-refractivity contribution in [2.24, 2.45) is 0 Å². The zero-order valence-electron chi connectivity index (χ0n) is 19.2. The Bertz CT molecular complexity index is 1200. The maximum atomic E-state index is 14.2. The Morgan fingerprint density at radius 1 is 0.750 bits per heavy atom. The molecule has 0 amide bonds. The van der Waals surface area contributed by atoms with Crippen LogP contribution < -0.4 is 4.90 Å². The summed E-state index contributed by atoms with van der Waals surface area (Å²) >= 11 is 0. The molecule has 0 bridgehead atoms. The minimum atomic E-state index is -1.15. The number of carbonyl (C=O) groups is 2. The summed E-state index contributed by atoms with van der Waals surface area (Å²) in [6.07, 6.45) is 0. The van der Waals surface area contributed by atoms with Crippen molar-refractivity contribution in [3.63, 3.8) is 0 Å². The van der Waals surface area contributed by atoms with Crippen LogP contribution in [0.2, 0.25) is 0 Å². The predicted molar refractivity (Wildman–Crippen MR) is 123 cm³/mol. The number of rotatable bonds is 8. The molecule has 36 heavy (non-hydrogen) atoms. The third-order valence-electron chi connectivity index (χ3n) is 5.50. The van der Waals surface area contributed by atoms with Crippen molar-refractivity contribution in [1.82, 2.24) is 0 Å². The van der Waals surface area contributed by atoms with Crippen LogP contribution in [0, 0.1) is 11.6 Å². The lowest BCUT2D eigenvalue weighted by Crippen LogP contribution is -2.35. The first-order chi connectivity index (χ1) is 17.0. The van der Waals surface area contributed by atoms with Gasteiger partial charge in [0.05, 0.1) is 14.2 Å². The number of carbonyl (C=O) groups excluding carboxylic acids is 2. The molecular weight excluding hydrogens is 480 g/mol. The van der Waals surface area contributed by atoms with Gasteiger partial charge in [-0.2, -0.15) is 0 Å². The highest BCUT2D eigenvalue weighted by Crippen LogP contribution is 2.44. The van der Waals surface area contributed by atoms with Crippen LogP contribution in [0.3, 0.4) is 0 Å². The van der Waals surface area contributed by atoms with Crippen LogP contribution in [-0.4, -0.2) is 59.7 Å². The summed E-state index contributed by atoms with van der Waals surface area (Å²) in [5.74, 6) is -7.21. The molecule has 0 atom stereocenters. The molecule has 190 valence electrons. The second-order valence-corrected chi connectivity index (χ2v) is 7.76. The second kappa shape index (κ2) is 10.8. The number of phenolic OH excluding ortho intramolecular Hbond substituents is 4. The summed E-state index contributed by atoms with van der Waals surface area (Å²) in [6, 6.07) is 9.24. The molecular formula is C25H23F2NO8. The van der Waals surface area contributed by atoms with Crippen LogP contribution in [0.15, 0.2) is 48.5 Å². The second-order valence-electron chi connectivity index (χ2n) is 7.76. The highest BCUT2D eigenvalue weighted by molar-refractivity contribution is 5.81. The molecule has 3 aromatic rings. The molecule has 3 aromatic carbocycles. The van der Waals surface area contributed by atoms with Gasteiger partial charge < -0.3 is 34.8 Å². The first-order valence-corrected chi connectivity index (χ1v) is 10.5. The number of esters is 2. The number of phenols is 4. The molecule has 0 heterocycles. The molecule has 0 fully saturated rings. The Morgan fingerprint density at radius 2 is 1.17 bits per heavy atom. The van der Waals surface area contributed by atoms with Gasteiger partial charge in [0.2, 0.25) is 0 Å². The van der Waals surface area contributed by atoms with E-state index >= 15 is 0 Å². The summed E-state index contributed by atoms with van der Waals surface area (Å²) in [5, 5.41) is 40.1. The Labute approximate surface area is 204 Å². The van der Waals surface area contributed by atoms with E-state index in [0.29, 0.717) is 11.3 Å². The molecule has 11 heteroatoms. The molecule has 0 aliphatic heterocycles. The molecule has 4 N–H and O–H groups in total. The monoisotopic (exact) mass is 503 g/mol. The van der Waals surface area contributed by atoms with E-state index in [4.69, 9.17) is 0 Å². The fourth-order valence-corrected chi connectivity index (χ4v) is 3.68. The van der Waals surface area contributed by atoms with E-state index in [1.54, 1.807) is 0 Å². The highest BCUT2D eigenvalue weighted by Gasteiger charge is 2.27. The Kier molecular flexibility index (Phi) is 7.83. The van der Waals surface area contributed by atoms with Gasteiger partial charge in [-0.15, -0.1) is 0 Å². The van der Waals surface area contributed by atoms with Gasteiger partial charge in [-0.05, 0) is 29.8 Å². The first-order valence-electron chi connectivity index (χ1n) is 10.5. The van der Waals surface area contributed by atoms with Crippen LogP contribution in [0.4, 0.5) is 14.5 Å². The number of halogens is 2. The summed E-state index contributed by atoms with van der Waals surface area (Å²) < 4.78 is 37.8. The lowest BCUT2D eigenvalue weighted by Gasteiger charge is -2.24. The van der Waals surface area contributed by atoms with E-state index in [0.717, 1.165) is 24.3 Å². The molecule has 0 saturated heterocycles. The highest BCUT2D eigenvalue weighted by atomic mass is 19.1. The lowest BCUT2D eigenvalue weighted by atomic mass is 9.83. The summed E-state index contributed by atoms with van der Waals surface area (Å²) in [6.45, 7) is -0.551. The number of hydrogen-bond acceptors (Lipinski definition) is 9. The predicted octanol–water partition coefficient (Wildman–Crippen LogP) is 3.12. The molecule has 3 rings (SSSR count). The fraction of sp³-hybridized carbons (Fsp3) is 0.200. The Balaban J connectivity index is 2.13. The van der Waals surface area contributed by atoms with Crippen molar-refractivity contribution in [2.45, 2.75) is 5.92 Å². The van der Waals surface area contributed by atoms with E-state index in [-0.39, 0.29) is 24.2 Å². The van der Waals surface area contributed by atoms with Crippen LogP contribution in [-0.2, 0) is 19.1 Å². The van der Waals surface area contributed by atoms with Crippen molar-refractivity contribution in [3.05, 3.63) is 76.9 Å². The van der Waals surface area contributed by atoms with Crippen molar-refractivity contribution in [3.8, 4) is 23.0 Å². The number of methoxy groups -OCH3 is 2. The third-order valence-corrected chi connectivity index (χ3v) is 5.50. The van der Waals surface area contributed by atoms with Crippen molar-refractivity contribution in [2.75, 3.05) is 32.2 Å². The van der Waals surface area contributed by atoms with Gasteiger partial charge in [0.25, 0.3) is 0 Å². The topological polar surface area (TPSA) is 137 Å². The van der Waals surface area contributed by atoms with Crippen molar-refractivity contribution in [1.29, 1.82) is 0 Å². The number of aromatic hydroxyl groups is 4. The number of nitrogens with zero attached hydrogens (tertiary/aromatic N) is 1. The van der Waals surface area contributed by atoms with Gasteiger partial charge in [-0.3, -0.25) is 9.59 Å². The molecule has 0 aromatic heterocycles. The van der Waals surface area contributed by atoms with Gasteiger partial charge in [-0.25, -0.2) is 8.78 Å². The molecule has 0 unspecified atom stereocenters. The Hall–Kier alpha value is -4.54. The molecule has 0 spiro atoms. The molecule has 0 saturated carbocycles. The largest absolute Gasteiger partial charge is 0.507 e. The SMILES string of the molecule is COC(=O)CN(CC(=O)OC)c1ccc(C(c2cc(F)c(O)cc2O)c2cc(F)c(O)cc2O)cc1. The molecule has 0 aliphatic rings. The summed E-state index contributed by atoms with van der Waals surface area (Å²) in [5.41, 5.74) is 0.505. The Morgan fingerprint density at radius 3 is 1.56 bits per heavy atom. The zero-order valence-corrected chi connectivity index (χ0v) is 19.2. The van der Waals surface area contributed by atoms with Crippen molar-refractivity contribution >= 4 is 17.6 Å². The minimum absolute atomic E-state index is 0.112. The third kappa shape index (κ3) is 5.57. The average molecular weight is 503 g/mol. The average Bonchev–Trinajstić information content (AvgIpc) is 2.85. The van der Waals surface area contributed by atoms with E-state index in [1.807, 2.05) is 0 Å². The smallest absolute Gasteiger partial charge is 0.325 e. The maximum absolute atomic E-state index is 14.2. The van der Waals surface area contributed by atoms with E-state index in [1.165, 1.54) is 43.4 Å². The quantitative estimate of drug-likeness (QED) is 0.270. The molecule has 0 aliphatic carbocycles. The van der Waals surface area contributed by atoms with Gasteiger partial charge in [-0.1, -0.05) is 12.1 Å². The summed E-state index contributed by atoms with van der Waals surface area (Å²) in [7, 11) is 2.39. The van der Waals surface area contributed by atoms with Gasteiger partial charge in [0, 0.05) is 34.9 Å². The minimum Gasteiger partial charge on any atom is -0.507 e. The van der Waals surface area contributed by atoms with E-state index in [9.17, 15) is 38.8 Å². The number of benzene rings is 3. The van der Waals surface area contributed by atoms with Crippen molar-refractivity contribution < 1.29 is 48.3 Å². The summed E-state index contributed by atoms with van der Waals surface area (Å²) in [4.78, 5) is 25.0. The number of hydrogen-bond donors (Lipinski definition) is 4. The van der Waals surface area contributed by atoms with Gasteiger partial charge in [0.1, 0.15) is 24.6 Å². The fourth-order valence-electron chi connectivity index (χ4n) is 3.68. The molecule has 0 radical (unpaired) electrons. The zero-order chi connectivity index (χ0) is 26.6.